The molecule has 0 fully saturated rings. The molecule has 0 aromatic heterocycles. The molecule has 2 rings (SSSR count). The van der Waals surface area contributed by atoms with E-state index in [2.05, 4.69) is 36.1 Å². The second-order valence-corrected chi connectivity index (χ2v) is 5.15. The lowest BCUT2D eigenvalue weighted by atomic mass is 10.1. The summed E-state index contributed by atoms with van der Waals surface area (Å²) in [5.41, 5.74) is 4.21. The summed E-state index contributed by atoms with van der Waals surface area (Å²) < 4.78 is 0. The molecule has 0 unspecified atom stereocenters. The molecule has 2 aromatic rings. The minimum Gasteiger partial charge on any atom is -0.392 e. The average molecular weight is 276 g/mol. The van der Waals surface area contributed by atoms with Gasteiger partial charge in [-0.25, -0.2) is 0 Å². The molecule has 0 amide bonds. The quantitative estimate of drug-likeness (QED) is 0.918. The van der Waals surface area contributed by atoms with E-state index in [-0.39, 0.29) is 6.61 Å². The first-order valence-electron chi connectivity index (χ1n) is 6.26. The Morgan fingerprint density at radius 2 is 1.79 bits per heavy atom. The fourth-order valence-corrected chi connectivity index (χ4v) is 2.50. The maximum absolute atomic E-state index is 9.41. The van der Waals surface area contributed by atoms with E-state index < -0.39 is 0 Å². The van der Waals surface area contributed by atoms with Crippen molar-refractivity contribution in [1.82, 2.24) is 0 Å². The van der Waals surface area contributed by atoms with Crippen molar-refractivity contribution in [2.24, 2.45) is 0 Å². The van der Waals surface area contributed by atoms with Crippen LogP contribution in [-0.2, 0) is 13.2 Å². The first-order valence-corrected chi connectivity index (χ1v) is 6.64. The van der Waals surface area contributed by atoms with Crippen LogP contribution in [0.25, 0.3) is 0 Å². The molecule has 1 N–H and O–H groups in total. The number of aliphatic hydroxyl groups is 1. The Balaban J connectivity index is 2.24. The Bertz CT molecular complexity index is 551. The highest BCUT2D eigenvalue weighted by atomic mass is 35.5. The lowest BCUT2D eigenvalue weighted by Crippen LogP contribution is -2.18. The number of aryl methyl sites for hydroxylation is 1. The number of nitrogens with zero attached hydrogens (tertiary/aromatic N) is 1. The molecule has 100 valence electrons. The van der Waals surface area contributed by atoms with Crippen molar-refractivity contribution < 1.29 is 5.11 Å². The number of anilines is 1. The van der Waals surface area contributed by atoms with Crippen LogP contribution in [-0.4, -0.2) is 12.2 Å². The molecule has 2 aromatic carbocycles. The summed E-state index contributed by atoms with van der Waals surface area (Å²) in [7, 11) is 1.99. The van der Waals surface area contributed by atoms with E-state index in [9.17, 15) is 5.11 Å². The number of halogens is 1. The molecule has 0 heterocycles. The molecule has 0 atom stereocenters. The molecule has 0 aliphatic heterocycles. The van der Waals surface area contributed by atoms with Crippen LogP contribution >= 0.6 is 11.6 Å². The summed E-state index contributed by atoms with van der Waals surface area (Å²) in [5.74, 6) is 0. The second kappa shape index (κ2) is 6.09. The molecule has 0 aliphatic carbocycles. The zero-order chi connectivity index (χ0) is 13.8. The molecule has 2 nitrogen and oxygen atoms in total. The number of rotatable bonds is 4. The largest absolute Gasteiger partial charge is 0.392 e. The van der Waals surface area contributed by atoms with Gasteiger partial charge in [0.2, 0.25) is 0 Å². The van der Waals surface area contributed by atoms with Crippen LogP contribution in [0.2, 0.25) is 5.02 Å². The lowest BCUT2D eigenvalue weighted by molar-refractivity contribution is 0.282. The Hall–Kier alpha value is -1.51. The molecular weight excluding hydrogens is 258 g/mol. The number of hydrogen-bond donors (Lipinski definition) is 1. The van der Waals surface area contributed by atoms with Crippen LogP contribution in [0.15, 0.2) is 42.5 Å². The fraction of sp³-hybridized carbons (Fsp3) is 0.250. The predicted octanol–water partition coefficient (Wildman–Crippen LogP) is 3.78. The number of para-hydroxylation sites is 1. The van der Waals surface area contributed by atoms with E-state index >= 15 is 0 Å². The monoisotopic (exact) mass is 275 g/mol. The van der Waals surface area contributed by atoms with Crippen molar-refractivity contribution in [2.75, 3.05) is 11.9 Å². The Kier molecular flexibility index (Phi) is 4.46. The number of hydrogen-bond acceptors (Lipinski definition) is 2. The highest BCUT2D eigenvalue weighted by Gasteiger charge is 2.11. The summed E-state index contributed by atoms with van der Waals surface area (Å²) in [5, 5.41) is 10.1. The van der Waals surface area contributed by atoms with Gasteiger partial charge in [0, 0.05) is 19.2 Å². The van der Waals surface area contributed by atoms with Gasteiger partial charge in [-0.05, 0) is 18.6 Å². The fourth-order valence-electron chi connectivity index (χ4n) is 2.16. The van der Waals surface area contributed by atoms with Crippen LogP contribution < -0.4 is 4.90 Å². The van der Waals surface area contributed by atoms with Gasteiger partial charge in [-0.15, -0.1) is 0 Å². The van der Waals surface area contributed by atoms with E-state index in [0.29, 0.717) is 5.02 Å². The first kappa shape index (κ1) is 13.9. The molecule has 3 heteroatoms. The maximum Gasteiger partial charge on any atom is 0.0702 e. The van der Waals surface area contributed by atoms with Gasteiger partial charge in [0.15, 0.2) is 0 Å². The molecular formula is C16H18ClNO. The Morgan fingerprint density at radius 1 is 1.11 bits per heavy atom. The summed E-state index contributed by atoms with van der Waals surface area (Å²) in [4.78, 5) is 2.07. The summed E-state index contributed by atoms with van der Waals surface area (Å²) in [6, 6.07) is 14.0. The predicted molar refractivity (Wildman–Crippen MR) is 80.7 cm³/mol. The van der Waals surface area contributed by atoms with Crippen LogP contribution in [0.3, 0.4) is 0 Å². The lowest BCUT2D eigenvalue weighted by Gasteiger charge is -2.23. The van der Waals surface area contributed by atoms with Crippen molar-refractivity contribution in [3.8, 4) is 0 Å². The van der Waals surface area contributed by atoms with E-state index in [4.69, 9.17) is 11.6 Å². The van der Waals surface area contributed by atoms with Crippen LogP contribution in [0.5, 0.6) is 0 Å². The standard InChI is InChI=1S/C16H18ClNO/c1-12-6-8-13(9-7-12)10-18(2)16-14(11-19)4-3-5-15(16)17/h3-9,19H,10-11H2,1-2H3. The maximum atomic E-state index is 9.41. The Morgan fingerprint density at radius 3 is 2.42 bits per heavy atom. The second-order valence-electron chi connectivity index (χ2n) is 4.75. The van der Waals surface area contributed by atoms with Crippen LogP contribution in [0.4, 0.5) is 5.69 Å². The molecule has 0 bridgehead atoms. The van der Waals surface area contributed by atoms with Gasteiger partial charge in [-0.1, -0.05) is 53.6 Å². The minimum atomic E-state index is -0.00582. The molecule has 19 heavy (non-hydrogen) atoms. The normalized spacial score (nSPS) is 10.5. The highest BCUT2D eigenvalue weighted by Crippen LogP contribution is 2.30. The topological polar surface area (TPSA) is 23.5 Å². The molecule has 0 saturated heterocycles. The van der Waals surface area contributed by atoms with Gasteiger partial charge in [0.05, 0.1) is 17.3 Å². The Labute approximate surface area is 119 Å². The minimum absolute atomic E-state index is 0.00582. The first-order chi connectivity index (χ1) is 9.11. The molecule has 0 aliphatic rings. The summed E-state index contributed by atoms with van der Waals surface area (Å²) in [6.45, 7) is 2.83. The molecule has 0 radical (unpaired) electrons. The summed E-state index contributed by atoms with van der Waals surface area (Å²) >= 11 is 6.24. The third-order valence-corrected chi connectivity index (χ3v) is 3.47. The van der Waals surface area contributed by atoms with Gasteiger partial charge >= 0.3 is 0 Å². The summed E-state index contributed by atoms with van der Waals surface area (Å²) in [6.07, 6.45) is 0. The number of aliphatic hydroxyl groups excluding tert-OH is 1. The van der Waals surface area contributed by atoms with Crippen molar-refractivity contribution >= 4 is 17.3 Å². The average Bonchev–Trinajstić information content (AvgIpc) is 2.40. The van der Waals surface area contributed by atoms with E-state index in [1.54, 1.807) is 0 Å². The van der Waals surface area contributed by atoms with Crippen molar-refractivity contribution in [1.29, 1.82) is 0 Å². The van der Waals surface area contributed by atoms with E-state index in [1.807, 2.05) is 25.2 Å². The van der Waals surface area contributed by atoms with Gasteiger partial charge in [-0.3, -0.25) is 0 Å². The van der Waals surface area contributed by atoms with Crippen LogP contribution in [0, 0.1) is 6.92 Å². The zero-order valence-corrected chi connectivity index (χ0v) is 12.0. The van der Waals surface area contributed by atoms with E-state index in [1.165, 1.54) is 11.1 Å². The third-order valence-electron chi connectivity index (χ3n) is 3.16. The highest BCUT2D eigenvalue weighted by molar-refractivity contribution is 6.33. The van der Waals surface area contributed by atoms with Crippen molar-refractivity contribution in [3.63, 3.8) is 0 Å². The van der Waals surface area contributed by atoms with Gasteiger partial charge < -0.3 is 10.0 Å². The van der Waals surface area contributed by atoms with Gasteiger partial charge in [0.1, 0.15) is 0 Å². The molecule has 0 saturated carbocycles. The van der Waals surface area contributed by atoms with Gasteiger partial charge in [-0.2, -0.15) is 0 Å². The van der Waals surface area contributed by atoms with E-state index in [0.717, 1.165) is 17.8 Å². The number of benzene rings is 2. The molecule has 0 spiro atoms. The van der Waals surface area contributed by atoms with Crippen LogP contribution in [0.1, 0.15) is 16.7 Å². The van der Waals surface area contributed by atoms with Gasteiger partial charge in [0.25, 0.3) is 0 Å². The van der Waals surface area contributed by atoms with Crippen molar-refractivity contribution in [3.05, 3.63) is 64.2 Å². The zero-order valence-electron chi connectivity index (χ0n) is 11.2. The SMILES string of the molecule is Cc1ccc(CN(C)c2c(Cl)cccc2CO)cc1. The third kappa shape index (κ3) is 3.28. The van der Waals surface area contributed by atoms with Crippen molar-refractivity contribution in [2.45, 2.75) is 20.1 Å². The smallest absolute Gasteiger partial charge is 0.0702 e.